The Balaban J connectivity index is 0.815. The molecule has 5 aromatic rings. The zero-order valence-electron chi connectivity index (χ0n) is 27.4. The number of carbonyl (C=O) groups excluding carboxylic acids is 4. The Morgan fingerprint density at radius 1 is 0.804 bits per heavy atom. The first-order valence-electron chi connectivity index (χ1n) is 16.6. The summed E-state index contributed by atoms with van der Waals surface area (Å²) in [7, 11) is 0. The number of rotatable bonds is 10. The normalized spacial score (nSPS) is 20.3. The third-order valence-electron chi connectivity index (χ3n) is 9.42. The van der Waals surface area contributed by atoms with Crippen molar-refractivity contribution in [3.05, 3.63) is 114 Å². The quantitative estimate of drug-likeness (QED) is 0.200. The van der Waals surface area contributed by atoms with Crippen molar-refractivity contribution in [1.82, 2.24) is 35.2 Å². The molecule has 14 heteroatoms. The highest BCUT2D eigenvalue weighted by Gasteiger charge is 2.44. The van der Waals surface area contributed by atoms with Crippen LogP contribution < -0.4 is 20.1 Å². The van der Waals surface area contributed by atoms with E-state index in [1.165, 1.54) is 4.80 Å². The van der Waals surface area contributed by atoms with E-state index in [-0.39, 0.29) is 42.0 Å². The average Bonchev–Trinajstić information content (AvgIpc) is 3.75. The number of fused-ring (bicyclic) bond motifs is 1. The molecule has 2 atom stereocenters. The number of nitrogens with one attached hydrogen (secondary N) is 2. The van der Waals surface area contributed by atoms with Crippen LogP contribution in [0.4, 0.5) is 5.69 Å². The molecule has 51 heavy (non-hydrogen) atoms. The van der Waals surface area contributed by atoms with Gasteiger partial charge in [-0.1, -0.05) is 31.2 Å². The Bertz CT molecular complexity index is 2110. The lowest BCUT2D eigenvalue weighted by atomic mass is 9.88. The van der Waals surface area contributed by atoms with Crippen LogP contribution in [0.5, 0.6) is 17.2 Å². The lowest BCUT2D eigenvalue weighted by Gasteiger charge is -2.36. The van der Waals surface area contributed by atoms with Crippen LogP contribution in [0, 0.1) is 0 Å². The SMILES string of the molecule is CC(c1ccc(Oc2cnc(-n3nccn3)nc2)cc1)c1ccc(OC2CC(Nc3ccc4c(c3)C(=O)N(C3CCC(=O)NC3=O)C4=O)C2)cc1. The van der Waals surface area contributed by atoms with Crippen molar-refractivity contribution >= 4 is 29.3 Å². The number of carbonyl (C=O) groups is 4. The topological polar surface area (TPSA) is 171 Å². The fraction of sp³-hybridized carbons (Fsp3) is 0.243. The largest absolute Gasteiger partial charge is 0.490 e. The molecule has 2 aliphatic heterocycles. The van der Waals surface area contributed by atoms with E-state index in [0.29, 0.717) is 23.1 Å². The lowest BCUT2D eigenvalue weighted by molar-refractivity contribution is -0.136. The van der Waals surface area contributed by atoms with Crippen LogP contribution in [0.1, 0.15) is 70.4 Å². The predicted molar refractivity (Wildman–Crippen MR) is 182 cm³/mol. The van der Waals surface area contributed by atoms with Crippen LogP contribution in [0.25, 0.3) is 5.95 Å². The molecule has 2 unspecified atom stereocenters. The third kappa shape index (κ3) is 6.38. The van der Waals surface area contributed by atoms with Crippen LogP contribution in [0.2, 0.25) is 0 Å². The van der Waals surface area contributed by atoms with E-state index in [2.05, 4.69) is 49.9 Å². The summed E-state index contributed by atoms with van der Waals surface area (Å²) in [5.41, 5.74) is 3.52. The van der Waals surface area contributed by atoms with Crippen molar-refractivity contribution in [3.63, 3.8) is 0 Å². The van der Waals surface area contributed by atoms with Crippen molar-refractivity contribution in [3.8, 4) is 23.2 Å². The van der Waals surface area contributed by atoms with Crippen molar-refractivity contribution < 1.29 is 28.7 Å². The Labute approximate surface area is 291 Å². The first-order chi connectivity index (χ1) is 24.8. The van der Waals surface area contributed by atoms with Crippen LogP contribution >= 0.6 is 0 Å². The molecule has 0 bridgehead atoms. The molecule has 3 aromatic carbocycles. The molecular weight excluding hydrogens is 652 g/mol. The smallest absolute Gasteiger partial charge is 0.268 e. The minimum absolute atomic E-state index is 0.0443. The molecule has 1 aliphatic carbocycles. The maximum atomic E-state index is 13.1. The highest BCUT2D eigenvalue weighted by atomic mass is 16.5. The molecule has 2 aromatic heterocycles. The number of amides is 4. The molecule has 2 N–H and O–H groups in total. The molecule has 3 aliphatic rings. The van der Waals surface area contributed by atoms with Gasteiger partial charge in [0.25, 0.3) is 17.8 Å². The van der Waals surface area contributed by atoms with Gasteiger partial charge in [0.05, 0.1) is 35.9 Å². The Morgan fingerprint density at radius 3 is 2.12 bits per heavy atom. The van der Waals surface area contributed by atoms with Gasteiger partial charge < -0.3 is 14.8 Å². The maximum Gasteiger partial charge on any atom is 0.268 e. The van der Waals surface area contributed by atoms with Gasteiger partial charge in [-0.3, -0.25) is 29.4 Å². The Hall–Kier alpha value is -6.44. The van der Waals surface area contributed by atoms with Gasteiger partial charge in [0.1, 0.15) is 23.6 Å². The van der Waals surface area contributed by atoms with Gasteiger partial charge >= 0.3 is 0 Å². The zero-order chi connectivity index (χ0) is 35.1. The van der Waals surface area contributed by atoms with Crippen LogP contribution in [0.15, 0.2) is 91.5 Å². The standard InChI is InChI=1S/C37H32N8O6/c1-21(23-4-9-27(10-5-23)51-29-19-38-37(39-20-29)45-40-14-15-41-45)22-2-7-26(8-3-22)50-28-16-25(17-28)42-24-6-11-30-31(18-24)36(49)44(35(30)48)32-12-13-33(46)43-34(32)47/h2-11,14-15,18-21,25,28,32,42H,12-13,16-17H2,1H3,(H,43,46,47). The number of nitrogens with zero attached hydrogens (tertiary/aromatic N) is 6. The first kappa shape index (κ1) is 31.8. The molecule has 1 saturated heterocycles. The summed E-state index contributed by atoms with van der Waals surface area (Å²) in [6.45, 7) is 2.15. The average molecular weight is 685 g/mol. The number of aromatic nitrogens is 5. The summed E-state index contributed by atoms with van der Waals surface area (Å²) in [4.78, 5) is 60.8. The minimum Gasteiger partial charge on any atom is -0.490 e. The molecule has 8 rings (SSSR count). The molecule has 4 heterocycles. The summed E-state index contributed by atoms with van der Waals surface area (Å²) in [6, 6.07) is 20.2. The van der Waals surface area contributed by atoms with E-state index < -0.39 is 29.7 Å². The van der Waals surface area contributed by atoms with Gasteiger partial charge in [-0.25, -0.2) is 9.97 Å². The molecule has 256 valence electrons. The second-order valence-corrected chi connectivity index (χ2v) is 12.8. The van der Waals surface area contributed by atoms with E-state index in [4.69, 9.17) is 9.47 Å². The number of imide groups is 2. The molecule has 1 saturated carbocycles. The first-order valence-corrected chi connectivity index (χ1v) is 16.6. The van der Waals surface area contributed by atoms with E-state index in [0.717, 1.165) is 34.6 Å². The Kier molecular flexibility index (Phi) is 8.18. The summed E-state index contributed by atoms with van der Waals surface area (Å²) < 4.78 is 12.1. The molecule has 0 spiro atoms. The van der Waals surface area contributed by atoms with Gasteiger partial charge in [-0.2, -0.15) is 10.2 Å². The van der Waals surface area contributed by atoms with Crippen LogP contribution in [-0.4, -0.2) is 71.7 Å². The number of ether oxygens (including phenoxy) is 2. The van der Waals surface area contributed by atoms with Gasteiger partial charge in [0, 0.05) is 36.9 Å². The summed E-state index contributed by atoms with van der Waals surface area (Å²) >= 11 is 0. The van der Waals surface area contributed by atoms with Gasteiger partial charge in [-0.05, 0) is 60.0 Å². The van der Waals surface area contributed by atoms with E-state index in [1.54, 1.807) is 43.0 Å². The van der Waals surface area contributed by atoms with Gasteiger partial charge in [0.2, 0.25) is 11.8 Å². The second-order valence-electron chi connectivity index (χ2n) is 12.8. The van der Waals surface area contributed by atoms with Gasteiger partial charge in [0.15, 0.2) is 5.75 Å². The zero-order valence-corrected chi connectivity index (χ0v) is 27.4. The number of hydrogen-bond acceptors (Lipinski definition) is 11. The molecule has 14 nitrogen and oxygen atoms in total. The van der Waals surface area contributed by atoms with E-state index >= 15 is 0 Å². The lowest BCUT2D eigenvalue weighted by Crippen LogP contribution is -2.54. The van der Waals surface area contributed by atoms with E-state index in [9.17, 15) is 19.2 Å². The summed E-state index contributed by atoms with van der Waals surface area (Å²) in [5, 5.41) is 13.7. The summed E-state index contributed by atoms with van der Waals surface area (Å²) in [6.07, 6.45) is 8.07. The fourth-order valence-corrected chi connectivity index (χ4v) is 6.54. The number of benzene rings is 3. The molecular formula is C37H32N8O6. The minimum atomic E-state index is -0.987. The fourth-order valence-electron chi connectivity index (χ4n) is 6.54. The molecule has 0 radical (unpaired) electrons. The van der Waals surface area contributed by atoms with Crippen molar-refractivity contribution in [1.29, 1.82) is 0 Å². The molecule has 2 fully saturated rings. The highest BCUT2D eigenvalue weighted by Crippen LogP contribution is 2.34. The van der Waals surface area contributed by atoms with Crippen molar-refractivity contribution in [2.75, 3.05) is 5.32 Å². The highest BCUT2D eigenvalue weighted by molar-refractivity contribution is 6.23. The second kappa shape index (κ2) is 13.1. The predicted octanol–water partition coefficient (Wildman–Crippen LogP) is 4.42. The number of hydrogen-bond donors (Lipinski definition) is 2. The van der Waals surface area contributed by atoms with Crippen LogP contribution in [0.3, 0.4) is 0 Å². The summed E-state index contributed by atoms with van der Waals surface area (Å²) in [5.74, 6) is 0.420. The molecule has 4 amide bonds. The number of piperidine rings is 1. The van der Waals surface area contributed by atoms with Crippen LogP contribution in [-0.2, 0) is 9.59 Å². The van der Waals surface area contributed by atoms with Gasteiger partial charge in [-0.15, -0.1) is 4.80 Å². The third-order valence-corrected chi connectivity index (χ3v) is 9.42. The van der Waals surface area contributed by atoms with Crippen molar-refractivity contribution in [2.24, 2.45) is 0 Å². The number of anilines is 1. The maximum absolute atomic E-state index is 13.1. The van der Waals surface area contributed by atoms with Crippen molar-refractivity contribution in [2.45, 2.75) is 56.7 Å². The Morgan fingerprint density at radius 2 is 1.45 bits per heavy atom. The monoisotopic (exact) mass is 684 g/mol. The van der Waals surface area contributed by atoms with E-state index in [1.807, 2.05) is 36.4 Å².